The summed E-state index contributed by atoms with van der Waals surface area (Å²) in [5, 5.41) is 0.129. The van der Waals surface area contributed by atoms with E-state index in [1.807, 2.05) is 0 Å². The van der Waals surface area contributed by atoms with E-state index in [2.05, 4.69) is 4.99 Å². The Bertz CT molecular complexity index is 1180. The fourth-order valence-electron chi connectivity index (χ4n) is 3.37. The Morgan fingerprint density at radius 2 is 2.00 bits per heavy atom. The van der Waals surface area contributed by atoms with Gasteiger partial charge in [-0.2, -0.15) is 0 Å². The molecule has 2 aromatic rings. The van der Waals surface area contributed by atoms with Crippen LogP contribution in [0, 0.1) is 5.82 Å². The van der Waals surface area contributed by atoms with E-state index >= 15 is 0 Å². The zero-order chi connectivity index (χ0) is 22.8. The van der Waals surface area contributed by atoms with Crippen molar-refractivity contribution < 1.29 is 28.2 Å². The van der Waals surface area contributed by atoms with Crippen LogP contribution in [0.4, 0.5) is 10.1 Å². The molecule has 32 heavy (non-hydrogen) atoms. The molecular weight excluding hydrogens is 485 g/mol. The van der Waals surface area contributed by atoms with Crippen molar-refractivity contribution in [3.8, 4) is 0 Å². The van der Waals surface area contributed by atoms with E-state index in [4.69, 9.17) is 25.8 Å². The minimum atomic E-state index is -0.682. The van der Waals surface area contributed by atoms with Crippen molar-refractivity contribution >= 4 is 52.3 Å². The van der Waals surface area contributed by atoms with Crippen LogP contribution >= 0.6 is 34.7 Å². The molecule has 1 saturated heterocycles. The Kier molecular flexibility index (Phi) is 7.03. The predicted molar refractivity (Wildman–Crippen MR) is 115 cm³/mol. The molecule has 13 heteroatoms. The van der Waals surface area contributed by atoms with E-state index in [1.54, 1.807) is 9.36 Å². The van der Waals surface area contributed by atoms with Gasteiger partial charge in [-0.05, 0) is 29.9 Å². The highest BCUT2D eigenvalue weighted by molar-refractivity contribution is 8.00. The van der Waals surface area contributed by atoms with Crippen LogP contribution < -0.4 is 9.67 Å². The highest BCUT2D eigenvalue weighted by Crippen LogP contribution is 2.33. The van der Waals surface area contributed by atoms with E-state index in [0.29, 0.717) is 22.8 Å². The van der Waals surface area contributed by atoms with Gasteiger partial charge < -0.3 is 14.2 Å². The third-order valence-electron chi connectivity index (χ3n) is 4.78. The zero-order valence-corrected chi connectivity index (χ0v) is 19.3. The lowest BCUT2D eigenvalue weighted by Gasteiger charge is -2.17. The van der Waals surface area contributed by atoms with Crippen molar-refractivity contribution in [3.05, 3.63) is 37.4 Å². The first kappa shape index (κ1) is 23.0. The number of nitrogens with zero attached hydrogens (tertiary/aromatic N) is 3. The lowest BCUT2D eigenvalue weighted by atomic mass is 10.2. The van der Waals surface area contributed by atoms with Crippen LogP contribution in [0.5, 0.6) is 0 Å². The zero-order valence-electron chi connectivity index (χ0n) is 16.9. The van der Waals surface area contributed by atoms with Crippen LogP contribution in [-0.2, 0) is 36.9 Å². The maximum absolute atomic E-state index is 14.5. The number of halogens is 2. The van der Waals surface area contributed by atoms with Crippen molar-refractivity contribution in [2.45, 2.75) is 43.5 Å². The molecule has 0 radical (unpaired) electrons. The van der Waals surface area contributed by atoms with Crippen molar-refractivity contribution in [2.24, 2.45) is 4.99 Å². The van der Waals surface area contributed by atoms with Crippen LogP contribution in [0.25, 0.3) is 0 Å². The largest absolute Gasteiger partial charge is 0.456 e. The summed E-state index contributed by atoms with van der Waals surface area (Å²) >= 11 is 8.16. The lowest BCUT2D eigenvalue weighted by Crippen LogP contribution is -2.33. The van der Waals surface area contributed by atoms with Gasteiger partial charge in [-0.3, -0.25) is 19.1 Å². The highest BCUT2D eigenvalue weighted by Gasteiger charge is 2.34. The molecule has 1 fully saturated rings. The van der Waals surface area contributed by atoms with Gasteiger partial charge in [0.2, 0.25) is 4.80 Å². The Hall–Kier alpha value is -2.15. The second-order valence-corrected chi connectivity index (χ2v) is 9.44. The summed E-state index contributed by atoms with van der Waals surface area (Å²) in [6.45, 7) is 2.82. The fraction of sp³-hybridized carbons (Fsp3) is 0.474. The van der Waals surface area contributed by atoms with Crippen molar-refractivity contribution in [2.75, 3.05) is 19.0 Å². The van der Waals surface area contributed by atoms with E-state index in [0.717, 1.165) is 35.6 Å². The number of ether oxygens (including phenoxy) is 3. The molecule has 2 aliphatic heterocycles. The molecule has 4 rings (SSSR count). The Morgan fingerprint density at radius 1 is 1.28 bits per heavy atom. The number of hydrogen-bond donors (Lipinski definition) is 0. The van der Waals surface area contributed by atoms with E-state index < -0.39 is 30.0 Å². The van der Waals surface area contributed by atoms with Gasteiger partial charge in [0.25, 0.3) is 0 Å². The normalized spacial score (nSPS) is 20.4. The standard InChI is InChI=1S/C19H19ClFN3O6S2/c1-10(25)29-14-7-28-8-15(14)30-17(26)9-31-16-6-13(12(21)5-11(16)20)22-18-23-3-2-4-24(23)19(27)32-18/h5-6,14-15H,2-4,7-9H2,1H3. The highest BCUT2D eigenvalue weighted by atomic mass is 35.5. The molecule has 0 aliphatic carbocycles. The number of fused-ring (bicyclic) bond motifs is 1. The fourth-order valence-corrected chi connectivity index (χ4v) is 5.31. The molecule has 2 aliphatic rings. The van der Waals surface area contributed by atoms with Gasteiger partial charge in [-0.1, -0.05) is 11.6 Å². The van der Waals surface area contributed by atoms with E-state index in [-0.39, 0.29) is 34.5 Å². The molecule has 1 aromatic carbocycles. The SMILES string of the molecule is CC(=O)OC1COCC1OC(=O)CSc1cc(N=c2sc(=O)n3n2CCC3)c(F)cc1Cl. The second-order valence-electron chi connectivity index (χ2n) is 7.10. The van der Waals surface area contributed by atoms with Crippen LogP contribution in [0.1, 0.15) is 13.3 Å². The summed E-state index contributed by atoms with van der Waals surface area (Å²) in [7, 11) is 0. The monoisotopic (exact) mass is 503 g/mol. The third-order valence-corrected chi connectivity index (χ3v) is 7.11. The quantitative estimate of drug-likeness (QED) is 0.439. The smallest absolute Gasteiger partial charge is 0.325 e. The van der Waals surface area contributed by atoms with Gasteiger partial charge in [0, 0.05) is 24.9 Å². The molecule has 0 spiro atoms. The first-order chi connectivity index (χ1) is 15.3. The summed E-state index contributed by atoms with van der Waals surface area (Å²) in [6.07, 6.45) is -0.504. The summed E-state index contributed by atoms with van der Waals surface area (Å²) in [6, 6.07) is 2.56. The molecule has 3 heterocycles. The molecular formula is C19H19ClFN3O6S2. The average Bonchev–Trinajstić information content (AvgIpc) is 3.43. The molecule has 0 N–H and O–H groups in total. The number of carbonyl (C=O) groups excluding carboxylic acids is 2. The van der Waals surface area contributed by atoms with Crippen LogP contribution in [0.3, 0.4) is 0 Å². The number of rotatable bonds is 6. The lowest BCUT2D eigenvalue weighted by molar-refractivity contribution is -0.160. The minimum absolute atomic E-state index is 0.0217. The Morgan fingerprint density at radius 3 is 2.75 bits per heavy atom. The average molecular weight is 504 g/mol. The Labute approximate surface area is 194 Å². The van der Waals surface area contributed by atoms with Crippen LogP contribution in [0.2, 0.25) is 5.02 Å². The molecule has 2 atom stereocenters. The molecule has 0 bridgehead atoms. The number of benzene rings is 1. The number of aromatic nitrogens is 2. The summed E-state index contributed by atoms with van der Waals surface area (Å²) in [4.78, 5) is 40.4. The number of thioether (sulfide) groups is 1. The summed E-state index contributed by atoms with van der Waals surface area (Å²) in [5.41, 5.74) is 0.0217. The molecule has 2 unspecified atom stereocenters. The predicted octanol–water partition coefficient (Wildman–Crippen LogP) is 2.11. The van der Waals surface area contributed by atoms with Crippen molar-refractivity contribution in [3.63, 3.8) is 0 Å². The van der Waals surface area contributed by atoms with E-state index in [1.165, 1.54) is 13.0 Å². The number of hydrogen-bond acceptors (Lipinski definition) is 9. The molecule has 1 aromatic heterocycles. The third kappa shape index (κ3) is 5.08. The van der Waals surface area contributed by atoms with Gasteiger partial charge in [-0.25, -0.2) is 14.1 Å². The minimum Gasteiger partial charge on any atom is -0.456 e. The van der Waals surface area contributed by atoms with Gasteiger partial charge in [-0.15, -0.1) is 11.8 Å². The topological polar surface area (TPSA) is 101 Å². The summed E-state index contributed by atoms with van der Waals surface area (Å²) in [5.74, 6) is -1.77. The first-order valence-corrected chi connectivity index (χ1v) is 11.9. The summed E-state index contributed by atoms with van der Waals surface area (Å²) < 4.78 is 33.4. The van der Waals surface area contributed by atoms with Gasteiger partial charge in [0.1, 0.15) is 11.5 Å². The van der Waals surface area contributed by atoms with Gasteiger partial charge in [0.15, 0.2) is 12.2 Å². The molecule has 0 amide bonds. The molecule has 0 saturated carbocycles. The van der Waals surface area contributed by atoms with Crippen LogP contribution in [-0.4, -0.2) is 52.5 Å². The number of esters is 2. The maximum atomic E-state index is 14.5. The maximum Gasteiger partial charge on any atom is 0.325 e. The number of carbonyl (C=O) groups is 2. The van der Waals surface area contributed by atoms with Crippen LogP contribution in [0.15, 0.2) is 26.8 Å². The molecule has 172 valence electrons. The van der Waals surface area contributed by atoms with Gasteiger partial charge >= 0.3 is 16.8 Å². The van der Waals surface area contributed by atoms with Crippen molar-refractivity contribution in [1.29, 1.82) is 0 Å². The Balaban J connectivity index is 1.46. The molecule has 9 nitrogen and oxygen atoms in total. The van der Waals surface area contributed by atoms with Crippen molar-refractivity contribution in [1.82, 2.24) is 9.36 Å². The second kappa shape index (κ2) is 9.77. The van der Waals surface area contributed by atoms with E-state index in [9.17, 15) is 18.8 Å². The van der Waals surface area contributed by atoms with Gasteiger partial charge in [0.05, 0.1) is 24.0 Å². The first-order valence-electron chi connectivity index (χ1n) is 9.73.